The first kappa shape index (κ1) is 12.0. The van der Waals surface area contributed by atoms with Gasteiger partial charge in [0, 0.05) is 13.0 Å². The van der Waals surface area contributed by atoms with Crippen LogP contribution >= 0.6 is 0 Å². The van der Waals surface area contributed by atoms with Crippen molar-refractivity contribution in [1.82, 2.24) is 0 Å². The van der Waals surface area contributed by atoms with Crippen molar-refractivity contribution < 1.29 is 9.84 Å². The predicted octanol–water partition coefficient (Wildman–Crippen LogP) is 1.47. The first-order valence-corrected chi connectivity index (χ1v) is 5.15. The third kappa shape index (κ3) is 4.32. The molecule has 0 saturated heterocycles. The molecular weight excluding hydrogens is 190 g/mol. The molecule has 84 valence electrons. The third-order valence-electron chi connectivity index (χ3n) is 2.37. The molecule has 3 heteroatoms. The van der Waals surface area contributed by atoms with Crippen LogP contribution in [0.25, 0.3) is 0 Å². The maximum absolute atomic E-state index is 9.64. The summed E-state index contributed by atoms with van der Waals surface area (Å²) < 4.78 is 5.48. The van der Waals surface area contributed by atoms with Gasteiger partial charge in [0.2, 0.25) is 0 Å². The highest BCUT2D eigenvalue weighted by Crippen LogP contribution is 2.13. The lowest BCUT2D eigenvalue weighted by molar-refractivity contribution is 0.0453. The molecule has 0 heterocycles. The molecule has 0 saturated carbocycles. The summed E-state index contributed by atoms with van der Waals surface area (Å²) in [6.45, 7) is 4.48. The van der Waals surface area contributed by atoms with Crippen molar-refractivity contribution in [3.63, 3.8) is 0 Å². The Bertz CT molecular complexity index is 293. The molecule has 3 N–H and O–H groups in total. The molecule has 3 nitrogen and oxygen atoms in total. The molecule has 1 rings (SSSR count). The molecular formula is C12H19NO2. The maximum atomic E-state index is 9.64. The Morgan fingerprint density at radius 3 is 2.47 bits per heavy atom. The number of hydrogen-bond donors (Lipinski definition) is 2. The average molecular weight is 209 g/mol. The number of rotatable bonds is 5. The van der Waals surface area contributed by atoms with Crippen LogP contribution in [0.5, 0.6) is 5.75 Å². The summed E-state index contributed by atoms with van der Waals surface area (Å²) in [5, 5.41) is 9.64. The van der Waals surface area contributed by atoms with Crippen LogP contribution < -0.4 is 10.5 Å². The minimum atomic E-state index is -0.829. The fourth-order valence-corrected chi connectivity index (χ4v) is 1.13. The van der Waals surface area contributed by atoms with Gasteiger partial charge in [-0.3, -0.25) is 0 Å². The van der Waals surface area contributed by atoms with Gasteiger partial charge in [-0.2, -0.15) is 0 Å². The van der Waals surface area contributed by atoms with Crippen LogP contribution in [0.15, 0.2) is 24.3 Å². The molecule has 1 unspecified atom stereocenters. The van der Waals surface area contributed by atoms with E-state index in [0.717, 1.165) is 5.75 Å². The second kappa shape index (κ2) is 5.14. The lowest BCUT2D eigenvalue weighted by Gasteiger charge is -2.20. The first-order valence-electron chi connectivity index (χ1n) is 5.15. The second-order valence-corrected chi connectivity index (χ2v) is 4.11. The topological polar surface area (TPSA) is 55.5 Å². The van der Waals surface area contributed by atoms with Crippen LogP contribution in [0, 0.1) is 6.92 Å². The Morgan fingerprint density at radius 2 is 1.93 bits per heavy atom. The molecule has 0 aliphatic rings. The fraction of sp³-hybridized carbons (Fsp3) is 0.500. The summed E-state index contributed by atoms with van der Waals surface area (Å²) in [4.78, 5) is 0. The van der Waals surface area contributed by atoms with E-state index in [9.17, 15) is 5.11 Å². The van der Waals surface area contributed by atoms with Gasteiger partial charge in [-0.05, 0) is 26.0 Å². The Balaban J connectivity index is 2.35. The van der Waals surface area contributed by atoms with Gasteiger partial charge >= 0.3 is 0 Å². The lowest BCUT2D eigenvalue weighted by atomic mass is 10.0. The Hall–Kier alpha value is -1.06. The zero-order valence-corrected chi connectivity index (χ0v) is 9.36. The van der Waals surface area contributed by atoms with Crippen molar-refractivity contribution >= 4 is 0 Å². The quantitative estimate of drug-likeness (QED) is 0.772. The highest BCUT2D eigenvalue weighted by atomic mass is 16.5. The smallest absolute Gasteiger partial charge is 0.119 e. The molecule has 1 atom stereocenters. The van der Waals surface area contributed by atoms with E-state index in [-0.39, 0.29) is 6.54 Å². The Kier molecular flexibility index (Phi) is 4.12. The highest BCUT2D eigenvalue weighted by Gasteiger charge is 2.17. The minimum Gasteiger partial charge on any atom is -0.493 e. The zero-order valence-electron chi connectivity index (χ0n) is 9.36. The largest absolute Gasteiger partial charge is 0.493 e. The molecule has 0 spiro atoms. The van der Waals surface area contributed by atoms with Gasteiger partial charge in [-0.15, -0.1) is 0 Å². The third-order valence-corrected chi connectivity index (χ3v) is 2.37. The summed E-state index contributed by atoms with van der Waals surface area (Å²) in [6.07, 6.45) is 0.539. The predicted molar refractivity (Wildman–Crippen MR) is 61.0 cm³/mol. The maximum Gasteiger partial charge on any atom is 0.119 e. The van der Waals surface area contributed by atoms with E-state index in [1.165, 1.54) is 5.56 Å². The fourth-order valence-electron chi connectivity index (χ4n) is 1.13. The van der Waals surface area contributed by atoms with Crippen molar-refractivity contribution in [2.75, 3.05) is 13.2 Å². The molecule has 1 aromatic rings. The molecule has 0 fully saturated rings. The van der Waals surface area contributed by atoms with Gasteiger partial charge in [0.25, 0.3) is 0 Å². The number of benzene rings is 1. The van der Waals surface area contributed by atoms with Gasteiger partial charge in [-0.25, -0.2) is 0 Å². The van der Waals surface area contributed by atoms with Gasteiger partial charge in [-0.1, -0.05) is 17.7 Å². The number of aryl methyl sites for hydroxylation is 1. The standard InChI is InChI=1S/C12H19NO2/c1-10-3-5-11(6-4-10)15-8-7-12(2,14)9-13/h3-6,14H,7-9,13H2,1-2H3. The molecule has 1 aromatic carbocycles. The summed E-state index contributed by atoms with van der Waals surface area (Å²) in [7, 11) is 0. The van der Waals surface area contributed by atoms with Crippen LogP contribution in [-0.4, -0.2) is 23.9 Å². The van der Waals surface area contributed by atoms with Gasteiger partial charge in [0.05, 0.1) is 12.2 Å². The van der Waals surface area contributed by atoms with E-state index in [4.69, 9.17) is 10.5 Å². The summed E-state index contributed by atoms with van der Waals surface area (Å²) in [5.41, 5.74) is 5.78. The van der Waals surface area contributed by atoms with Crippen molar-refractivity contribution in [2.45, 2.75) is 25.9 Å². The van der Waals surface area contributed by atoms with E-state index >= 15 is 0 Å². The van der Waals surface area contributed by atoms with Crippen LogP contribution in [-0.2, 0) is 0 Å². The van der Waals surface area contributed by atoms with E-state index in [2.05, 4.69) is 0 Å². The first-order chi connectivity index (χ1) is 7.03. The molecule has 0 aliphatic carbocycles. The molecule has 0 bridgehead atoms. The number of nitrogens with two attached hydrogens (primary N) is 1. The van der Waals surface area contributed by atoms with E-state index < -0.39 is 5.60 Å². The monoisotopic (exact) mass is 209 g/mol. The van der Waals surface area contributed by atoms with Crippen LogP contribution in [0.2, 0.25) is 0 Å². The number of hydrogen-bond acceptors (Lipinski definition) is 3. The molecule has 15 heavy (non-hydrogen) atoms. The van der Waals surface area contributed by atoms with Crippen molar-refractivity contribution in [1.29, 1.82) is 0 Å². The molecule has 0 aromatic heterocycles. The van der Waals surface area contributed by atoms with Gasteiger partial charge < -0.3 is 15.6 Å². The average Bonchev–Trinajstić information content (AvgIpc) is 2.21. The van der Waals surface area contributed by atoms with Crippen LogP contribution in [0.4, 0.5) is 0 Å². The van der Waals surface area contributed by atoms with E-state index in [1.807, 2.05) is 31.2 Å². The SMILES string of the molecule is Cc1ccc(OCCC(C)(O)CN)cc1. The summed E-state index contributed by atoms with van der Waals surface area (Å²) >= 11 is 0. The Labute approximate surface area is 90.9 Å². The Morgan fingerprint density at radius 1 is 1.33 bits per heavy atom. The van der Waals surface area contributed by atoms with Crippen molar-refractivity contribution in [3.8, 4) is 5.75 Å². The number of aliphatic hydroxyl groups is 1. The number of ether oxygens (including phenoxy) is 1. The molecule has 0 radical (unpaired) electrons. The van der Waals surface area contributed by atoms with Gasteiger partial charge in [0.1, 0.15) is 5.75 Å². The molecule has 0 aliphatic heterocycles. The highest BCUT2D eigenvalue weighted by molar-refractivity contribution is 5.26. The van der Waals surface area contributed by atoms with Gasteiger partial charge in [0.15, 0.2) is 0 Å². The minimum absolute atomic E-state index is 0.254. The molecule has 0 amide bonds. The lowest BCUT2D eigenvalue weighted by Crippen LogP contribution is -2.35. The van der Waals surface area contributed by atoms with Crippen molar-refractivity contribution in [3.05, 3.63) is 29.8 Å². The zero-order chi connectivity index (χ0) is 11.3. The van der Waals surface area contributed by atoms with Crippen molar-refractivity contribution in [2.24, 2.45) is 5.73 Å². The summed E-state index contributed by atoms with van der Waals surface area (Å²) in [6, 6.07) is 7.84. The van der Waals surface area contributed by atoms with E-state index in [0.29, 0.717) is 13.0 Å². The summed E-state index contributed by atoms with van der Waals surface area (Å²) in [5.74, 6) is 0.827. The van der Waals surface area contributed by atoms with Crippen LogP contribution in [0.1, 0.15) is 18.9 Å². The van der Waals surface area contributed by atoms with E-state index in [1.54, 1.807) is 6.92 Å². The van der Waals surface area contributed by atoms with Crippen LogP contribution in [0.3, 0.4) is 0 Å². The normalized spacial score (nSPS) is 14.7. The second-order valence-electron chi connectivity index (χ2n) is 4.11.